The van der Waals surface area contributed by atoms with Gasteiger partial charge in [0.05, 0.1) is 11.2 Å². The van der Waals surface area contributed by atoms with Gasteiger partial charge in [0.25, 0.3) is 0 Å². The first-order valence-corrected chi connectivity index (χ1v) is 8.37. The van der Waals surface area contributed by atoms with Gasteiger partial charge in [-0.05, 0) is 70.4 Å². The number of hydrogen-bond acceptors (Lipinski definition) is 4. The number of ether oxygens (including phenoxy) is 1. The molecule has 0 radical (unpaired) electrons. The lowest BCUT2D eigenvalue weighted by Crippen LogP contribution is -2.32. The molecule has 1 atom stereocenters. The third-order valence-electron chi connectivity index (χ3n) is 3.62. The van der Waals surface area contributed by atoms with Crippen molar-refractivity contribution in [1.82, 2.24) is 0 Å². The van der Waals surface area contributed by atoms with Crippen LogP contribution >= 0.6 is 22.6 Å². The van der Waals surface area contributed by atoms with Crippen LogP contribution in [0, 0.1) is 0 Å². The molecule has 0 aliphatic carbocycles. The smallest absolute Gasteiger partial charge is 0.327 e. The van der Waals surface area contributed by atoms with E-state index in [0.29, 0.717) is 23.3 Å². The quantitative estimate of drug-likeness (QED) is 0.330. The molecule has 0 saturated heterocycles. The number of rotatable bonds is 5. The molecule has 124 valence electrons. The number of aliphatic hydroxyl groups is 2. The van der Waals surface area contributed by atoms with E-state index in [-0.39, 0.29) is 5.97 Å². The van der Waals surface area contributed by atoms with Gasteiger partial charge in [0.15, 0.2) is 0 Å². The molecule has 0 aliphatic rings. The number of hydrogen-bond donors (Lipinski definition) is 2. The number of benzene rings is 1. The first-order chi connectivity index (χ1) is 9.77. The average Bonchev–Trinajstić information content (AvgIpc) is 2.36. The molecule has 0 aromatic heterocycles. The van der Waals surface area contributed by atoms with Crippen LogP contribution < -0.4 is 4.74 Å². The predicted molar refractivity (Wildman–Crippen MR) is 95.3 cm³/mol. The molecular weight excluding hydrogens is 395 g/mol. The lowest BCUT2D eigenvalue weighted by atomic mass is 9.90. The summed E-state index contributed by atoms with van der Waals surface area (Å²) in [6, 6.07) is 4.99. The second kappa shape index (κ2) is 6.45. The van der Waals surface area contributed by atoms with Gasteiger partial charge < -0.3 is 14.9 Å². The highest BCUT2D eigenvalue weighted by Gasteiger charge is 2.31. The minimum absolute atomic E-state index is 0.332. The Morgan fingerprint density at radius 3 is 1.77 bits per heavy atom. The topological polar surface area (TPSA) is 66.8 Å². The van der Waals surface area contributed by atoms with Crippen LogP contribution in [0.5, 0.6) is 5.75 Å². The van der Waals surface area contributed by atoms with Gasteiger partial charge in [0, 0.05) is 0 Å². The van der Waals surface area contributed by atoms with Crippen LogP contribution in [0.4, 0.5) is 0 Å². The molecule has 1 unspecified atom stereocenters. The third kappa shape index (κ3) is 4.93. The molecule has 0 bridgehead atoms. The zero-order chi connectivity index (χ0) is 17.3. The molecule has 1 aromatic rings. The summed E-state index contributed by atoms with van der Waals surface area (Å²) in [4.78, 5) is 12.2. The summed E-state index contributed by atoms with van der Waals surface area (Å²) in [6.45, 7) is 10.3. The Balaban J connectivity index is 3.28. The highest BCUT2D eigenvalue weighted by atomic mass is 127. The lowest BCUT2D eigenvalue weighted by Gasteiger charge is -2.25. The Morgan fingerprint density at radius 1 is 1.05 bits per heavy atom. The fourth-order valence-corrected chi connectivity index (χ4v) is 1.83. The average molecular weight is 420 g/mol. The maximum Gasteiger partial charge on any atom is 0.327 e. The van der Waals surface area contributed by atoms with Gasteiger partial charge in [0.1, 0.15) is 9.17 Å². The Labute approximate surface area is 146 Å². The Morgan fingerprint density at radius 2 is 1.45 bits per heavy atom. The zero-order valence-corrected chi connectivity index (χ0v) is 16.2. The molecule has 1 aromatic carbocycles. The SMILES string of the molecule is CCC(C)(I)C(=O)Oc1cc(C(C)(C)O)cc(C(C)(C)O)c1. The summed E-state index contributed by atoms with van der Waals surface area (Å²) >= 11 is 2.07. The van der Waals surface area contributed by atoms with Gasteiger partial charge in [-0.2, -0.15) is 0 Å². The molecule has 4 nitrogen and oxygen atoms in total. The van der Waals surface area contributed by atoms with Crippen molar-refractivity contribution in [3.63, 3.8) is 0 Å². The Kier molecular flexibility index (Phi) is 5.69. The van der Waals surface area contributed by atoms with Crippen molar-refractivity contribution in [3.8, 4) is 5.75 Å². The van der Waals surface area contributed by atoms with Crippen molar-refractivity contribution in [3.05, 3.63) is 29.3 Å². The van der Waals surface area contributed by atoms with Crippen LogP contribution in [0.3, 0.4) is 0 Å². The first-order valence-electron chi connectivity index (χ1n) is 7.29. The van der Waals surface area contributed by atoms with Crippen LogP contribution in [0.2, 0.25) is 0 Å². The molecule has 0 aliphatic heterocycles. The molecule has 1 rings (SSSR count). The number of esters is 1. The van der Waals surface area contributed by atoms with Crippen LogP contribution in [0.15, 0.2) is 18.2 Å². The maximum atomic E-state index is 12.2. The standard InChI is InChI=1S/C17H25IO4/c1-7-17(6,18)14(19)22-13-9-11(15(2,3)20)8-12(10-13)16(4,5)21/h8-10,20-21H,7H2,1-6H3. The lowest BCUT2D eigenvalue weighted by molar-refractivity contribution is -0.136. The van der Waals surface area contributed by atoms with Gasteiger partial charge in [0.2, 0.25) is 0 Å². The zero-order valence-electron chi connectivity index (χ0n) is 14.0. The van der Waals surface area contributed by atoms with Gasteiger partial charge in [-0.15, -0.1) is 0 Å². The molecule has 0 heterocycles. The van der Waals surface area contributed by atoms with E-state index in [2.05, 4.69) is 22.6 Å². The second-order valence-corrected chi connectivity index (χ2v) is 9.19. The second-order valence-electron chi connectivity index (χ2n) is 6.80. The van der Waals surface area contributed by atoms with Crippen molar-refractivity contribution < 1.29 is 19.7 Å². The summed E-state index contributed by atoms with van der Waals surface area (Å²) in [5.41, 5.74) is -1.02. The molecule has 0 saturated carbocycles. The molecule has 0 spiro atoms. The van der Waals surface area contributed by atoms with Crippen molar-refractivity contribution in [2.75, 3.05) is 0 Å². The predicted octanol–water partition coefficient (Wildman–Crippen LogP) is 3.65. The molecule has 2 N–H and O–H groups in total. The minimum atomic E-state index is -1.10. The van der Waals surface area contributed by atoms with Gasteiger partial charge in [-0.3, -0.25) is 4.79 Å². The molecular formula is C17H25IO4. The van der Waals surface area contributed by atoms with Crippen molar-refractivity contribution >= 4 is 28.6 Å². The van der Waals surface area contributed by atoms with E-state index in [1.165, 1.54) is 0 Å². The van der Waals surface area contributed by atoms with Gasteiger partial charge >= 0.3 is 5.97 Å². The number of alkyl halides is 1. The van der Waals surface area contributed by atoms with E-state index in [1.807, 2.05) is 13.8 Å². The van der Waals surface area contributed by atoms with Crippen LogP contribution in [-0.2, 0) is 16.0 Å². The Hall–Kier alpha value is -0.660. The fourth-order valence-electron chi connectivity index (χ4n) is 1.72. The highest BCUT2D eigenvalue weighted by Crippen LogP contribution is 2.32. The number of carbonyl (C=O) groups is 1. The molecule has 5 heteroatoms. The third-order valence-corrected chi connectivity index (χ3v) is 4.82. The van der Waals surface area contributed by atoms with Gasteiger partial charge in [-0.25, -0.2) is 0 Å². The molecule has 0 amide bonds. The fraction of sp³-hybridized carbons (Fsp3) is 0.588. The summed E-state index contributed by atoms with van der Waals surface area (Å²) in [6.07, 6.45) is 0.649. The van der Waals surface area contributed by atoms with E-state index in [0.717, 1.165) is 0 Å². The first kappa shape index (κ1) is 19.4. The van der Waals surface area contributed by atoms with Crippen LogP contribution in [-0.4, -0.2) is 19.6 Å². The monoisotopic (exact) mass is 420 g/mol. The van der Waals surface area contributed by atoms with Crippen molar-refractivity contribution in [2.45, 2.75) is 62.6 Å². The van der Waals surface area contributed by atoms with E-state index in [9.17, 15) is 15.0 Å². The Bertz CT molecular complexity index is 519. The summed E-state index contributed by atoms with van der Waals surface area (Å²) in [7, 11) is 0. The summed E-state index contributed by atoms with van der Waals surface area (Å²) in [5.74, 6) is -0.0108. The van der Waals surface area contributed by atoms with Crippen LogP contribution in [0.1, 0.15) is 59.1 Å². The summed E-state index contributed by atoms with van der Waals surface area (Å²) in [5, 5.41) is 20.4. The number of carbonyl (C=O) groups excluding carboxylic acids is 1. The van der Waals surface area contributed by atoms with Gasteiger partial charge in [-0.1, -0.05) is 29.5 Å². The normalized spacial score (nSPS) is 15.3. The molecule has 22 heavy (non-hydrogen) atoms. The maximum absolute atomic E-state index is 12.2. The van der Waals surface area contributed by atoms with Crippen molar-refractivity contribution in [1.29, 1.82) is 0 Å². The minimum Gasteiger partial charge on any atom is -0.426 e. The van der Waals surface area contributed by atoms with Crippen molar-refractivity contribution in [2.24, 2.45) is 0 Å². The van der Waals surface area contributed by atoms with E-state index in [4.69, 9.17) is 4.74 Å². The van der Waals surface area contributed by atoms with Crippen LogP contribution in [0.25, 0.3) is 0 Å². The highest BCUT2D eigenvalue weighted by molar-refractivity contribution is 14.1. The largest absolute Gasteiger partial charge is 0.426 e. The molecule has 0 fully saturated rings. The van der Waals surface area contributed by atoms with E-state index < -0.39 is 14.6 Å². The number of halogens is 1. The van der Waals surface area contributed by atoms with E-state index in [1.54, 1.807) is 45.9 Å². The van der Waals surface area contributed by atoms with E-state index >= 15 is 0 Å². The summed E-state index contributed by atoms with van der Waals surface area (Å²) < 4.78 is 4.86.